The number of hydrogen-bond donors (Lipinski definition) is 2. The second-order valence-electron chi connectivity index (χ2n) is 7.36. The number of nitrogens with zero attached hydrogens (tertiary/aromatic N) is 2. The molecule has 0 aromatic heterocycles. The molecular weight excluding hydrogens is 471 g/mol. The zero-order valence-electron chi connectivity index (χ0n) is 16.8. The number of guanidine groups is 1. The molecular formula is C20H31IN4O3. The maximum atomic E-state index is 11.9. The minimum absolute atomic E-state index is 0. The van der Waals surface area contributed by atoms with Gasteiger partial charge in [-0.1, -0.05) is 18.2 Å². The number of carbonyl (C=O) groups excluding carboxylic acids is 1. The SMILES string of the molecule is CC(NC(=NCC(=O)N(C)C)NCC1CCCO1)C1COc2ccccc21.I. The molecule has 1 aromatic rings. The van der Waals surface area contributed by atoms with Crippen LogP contribution in [0.1, 0.15) is 31.2 Å². The second kappa shape index (κ2) is 10.8. The van der Waals surface area contributed by atoms with E-state index in [2.05, 4.69) is 28.6 Å². The molecule has 2 aliphatic heterocycles. The zero-order chi connectivity index (χ0) is 19.2. The standard InChI is InChI=1S/C20H30N4O3.HI/c1-14(17-13-27-18-9-5-4-8-16(17)18)23-20(22-12-19(25)24(2)3)21-11-15-7-6-10-26-15;/h4-5,8-9,14-15,17H,6-7,10-13H2,1-3H3,(H2,21,22,23);1H. The number of hydrogen-bond acceptors (Lipinski definition) is 4. The van der Waals surface area contributed by atoms with E-state index in [1.54, 1.807) is 19.0 Å². The Labute approximate surface area is 184 Å². The molecule has 1 amide bonds. The van der Waals surface area contributed by atoms with E-state index in [4.69, 9.17) is 9.47 Å². The second-order valence-corrected chi connectivity index (χ2v) is 7.36. The van der Waals surface area contributed by atoms with Crippen LogP contribution in [0.25, 0.3) is 0 Å². The Morgan fingerprint density at radius 1 is 1.36 bits per heavy atom. The first-order valence-corrected chi connectivity index (χ1v) is 9.63. The van der Waals surface area contributed by atoms with Crippen LogP contribution >= 0.6 is 24.0 Å². The summed E-state index contributed by atoms with van der Waals surface area (Å²) in [5.74, 6) is 1.79. The van der Waals surface area contributed by atoms with Gasteiger partial charge in [0.15, 0.2) is 5.96 Å². The average molecular weight is 502 g/mol. The Bertz CT molecular complexity index is 677. The number of aliphatic imine (C=N–C) groups is 1. The Morgan fingerprint density at radius 3 is 2.86 bits per heavy atom. The highest BCUT2D eigenvalue weighted by molar-refractivity contribution is 14.0. The molecule has 2 aliphatic rings. The third-order valence-corrected chi connectivity index (χ3v) is 5.10. The molecule has 0 aliphatic carbocycles. The molecule has 3 atom stereocenters. The van der Waals surface area contributed by atoms with Crippen LogP contribution in [0.4, 0.5) is 0 Å². The molecule has 0 spiro atoms. The number of ether oxygens (including phenoxy) is 2. The van der Waals surface area contributed by atoms with Crippen LogP contribution in [0.5, 0.6) is 5.75 Å². The number of likely N-dealkylation sites (N-methyl/N-ethyl adjacent to an activating group) is 1. The molecule has 156 valence electrons. The summed E-state index contributed by atoms with van der Waals surface area (Å²) >= 11 is 0. The number of carbonyl (C=O) groups is 1. The highest BCUT2D eigenvalue weighted by Crippen LogP contribution is 2.35. The predicted molar refractivity (Wildman–Crippen MR) is 121 cm³/mol. The first kappa shape index (κ1) is 22.7. The molecule has 1 saturated heterocycles. The van der Waals surface area contributed by atoms with Crippen molar-refractivity contribution in [2.75, 3.05) is 40.4 Å². The van der Waals surface area contributed by atoms with Crippen LogP contribution < -0.4 is 15.4 Å². The number of para-hydroxylation sites is 1. The minimum atomic E-state index is -0.0320. The number of benzene rings is 1. The molecule has 28 heavy (non-hydrogen) atoms. The van der Waals surface area contributed by atoms with Crippen molar-refractivity contribution >= 4 is 35.8 Å². The van der Waals surface area contributed by atoms with E-state index in [1.807, 2.05) is 18.2 Å². The van der Waals surface area contributed by atoms with Crippen molar-refractivity contribution in [3.63, 3.8) is 0 Å². The van der Waals surface area contributed by atoms with Gasteiger partial charge in [-0.15, -0.1) is 24.0 Å². The van der Waals surface area contributed by atoms with E-state index >= 15 is 0 Å². The largest absolute Gasteiger partial charge is 0.493 e. The summed E-state index contributed by atoms with van der Waals surface area (Å²) in [4.78, 5) is 18.0. The topological polar surface area (TPSA) is 75.2 Å². The molecule has 7 nitrogen and oxygen atoms in total. The minimum Gasteiger partial charge on any atom is -0.493 e. The van der Waals surface area contributed by atoms with Crippen LogP contribution in [-0.4, -0.2) is 69.3 Å². The molecule has 1 fully saturated rings. The van der Waals surface area contributed by atoms with Gasteiger partial charge in [0.2, 0.25) is 5.91 Å². The Morgan fingerprint density at radius 2 is 2.14 bits per heavy atom. The van der Waals surface area contributed by atoms with Crippen molar-refractivity contribution < 1.29 is 14.3 Å². The van der Waals surface area contributed by atoms with Crippen LogP contribution in [0, 0.1) is 0 Å². The zero-order valence-corrected chi connectivity index (χ0v) is 19.1. The molecule has 8 heteroatoms. The van der Waals surface area contributed by atoms with Crippen molar-refractivity contribution in [2.24, 2.45) is 4.99 Å². The molecule has 2 heterocycles. The van der Waals surface area contributed by atoms with E-state index in [0.717, 1.165) is 25.2 Å². The first-order valence-electron chi connectivity index (χ1n) is 9.63. The van der Waals surface area contributed by atoms with Gasteiger partial charge >= 0.3 is 0 Å². The number of fused-ring (bicyclic) bond motifs is 1. The van der Waals surface area contributed by atoms with E-state index in [1.165, 1.54) is 5.56 Å². The van der Waals surface area contributed by atoms with Gasteiger partial charge in [0.05, 0.1) is 12.7 Å². The van der Waals surface area contributed by atoms with Crippen molar-refractivity contribution in [3.05, 3.63) is 29.8 Å². The van der Waals surface area contributed by atoms with Crippen molar-refractivity contribution in [1.29, 1.82) is 0 Å². The summed E-state index contributed by atoms with van der Waals surface area (Å²) in [7, 11) is 3.47. The monoisotopic (exact) mass is 502 g/mol. The lowest BCUT2D eigenvalue weighted by molar-refractivity contribution is -0.127. The number of amides is 1. The summed E-state index contributed by atoms with van der Waals surface area (Å²) in [6, 6.07) is 8.24. The first-order chi connectivity index (χ1) is 13.0. The smallest absolute Gasteiger partial charge is 0.243 e. The normalized spacial score (nSPS) is 21.9. The molecule has 0 radical (unpaired) electrons. The van der Waals surface area contributed by atoms with E-state index in [0.29, 0.717) is 19.1 Å². The number of halogens is 1. The fourth-order valence-corrected chi connectivity index (χ4v) is 3.37. The highest BCUT2D eigenvalue weighted by atomic mass is 127. The molecule has 3 rings (SSSR count). The Balaban J connectivity index is 0.00000280. The lowest BCUT2D eigenvalue weighted by atomic mass is 9.94. The Hall–Kier alpha value is -1.55. The molecule has 1 aromatic carbocycles. The lowest BCUT2D eigenvalue weighted by Crippen LogP contribution is -2.47. The average Bonchev–Trinajstić information content (AvgIpc) is 3.32. The summed E-state index contributed by atoms with van der Waals surface area (Å²) in [5, 5.41) is 6.79. The van der Waals surface area contributed by atoms with Crippen LogP contribution in [0.15, 0.2) is 29.3 Å². The van der Waals surface area contributed by atoms with Gasteiger partial charge in [-0.05, 0) is 25.8 Å². The summed E-state index contributed by atoms with van der Waals surface area (Å²) in [5.41, 5.74) is 1.21. The van der Waals surface area contributed by atoms with Crippen LogP contribution in [0.2, 0.25) is 0 Å². The van der Waals surface area contributed by atoms with E-state index in [9.17, 15) is 4.79 Å². The quantitative estimate of drug-likeness (QED) is 0.354. The van der Waals surface area contributed by atoms with Crippen molar-refractivity contribution in [1.82, 2.24) is 15.5 Å². The maximum Gasteiger partial charge on any atom is 0.243 e. The predicted octanol–water partition coefficient (Wildman–Crippen LogP) is 1.97. The van der Waals surface area contributed by atoms with Gasteiger partial charge in [-0.2, -0.15) is 0 Å². The molecule has 0 saturated carbocycles. The van der Waals surface area contributed by atoms with Crippen LogP contribution in [0.3, 0.4) is 0 Å². The van der Waals surface area contributed by atoms with Gasteiger partial charge < -0.3 is 25.0 Å². The fourth-order valence-electron chi connectivity index (χ4n) is 3.37. The maximum absolute atomic E-state index is 11.9. The van der Waals surface area contributed by atoms with E-state index < -0.39 is 0 Å². The third-order valence-electron chi connectivity index (χ3n) is 5.10. The summed E-state index contributed by atoms with van der Waals surface area (Å²) in [6.07, 6.45) is 2.35. The van der Waals surface area contributed by atoms with E-state index in [-0.39, 0.29) is 54.5 Å². The van der Waals surface area contributed by atoms with Crippen molar-refractivity contribution in [3.8, 4) is 5.75 Å². The van der Waals surface area contributed by atoms with Crippen molar-refractivity contribution in [2.45, 2.75) is 37.8 Å². The molecule has 0 bridgehead atoms. The van der Waals surface area contributed by atoms with Gasteiger partial charge in [-0.3, -0.25) is 4.79 Å². The number of nitrogens with one attached hydrogen (secondary N) is 2. The summed E-state index contributed by atoms with van der Waals surface area (Å²) in [6.45, 7) is 4.37. The third kappa shape index (κ3) is 5.97. The Kier molecular flexibility index (Phi) is 8.81. The summed E-state index contributed by atoms with van der Waals surface area (Å²) < 4.78 is 11.5. The molecule has 3 unspecified atom stereocenters. The van der Waals surface area contributed by atoms with Gasteiger partial charge in [-0.25, -0.2) is 4.99 Å². The lowest BCUT2D eigenvalue weighted by Gasteiger charge is -2.23. The fraction of sp³-hybridized carbons (Fsp3) is 0.600. The van der Waals surface area contributed by atoms with Gasteiger partial charge in [0.25, 0.3) is 0 Å². The molecule has 2 N–H and O–H groups in total. The number of rotatable bonds is 6. The highest BCUT2D eigenvalue weighted by Gasteiger charge is 2.29. The van der Waals surface area contributed by atoms with Crippen LogP contribution in [-0.2, 0) is 9.53 Å². The van der Waals surface area contributed by atoms with Gasteiger partial charge in [0.1, 0.15) is 12.3 Å². The van der Waals surface area contributed by atoms with Gasteiger partial charge in [0, 0.05) is 44.8 Å².